The molecule has 0 unspecified atom stereocenters. The monoisotopic (exact) mass is 534 g/mol. The van der Waals surface area contributed by atoms with Crippen LogP contribution in [-0.4, -0.2) is 71.0 Å². The van der Waals surface area contributed by atoms with Crippen LogP contribution < -0.4 is 24.8 Å². The molecule has 30 heavy (non-hydrogen) atoms. The Balaban J connectivity index is 0.00000450. The summed E-state index contributed by atoms with van der Waals surface area (Å²) in [6, 6.07) is 4.25. The van der Waals surface area contributed by atoms with Gasteiger partial charge in [0.2, 0.25) is 0 Å². The van der Waals surface area contributed by atoms with Crippen molar-refractivity contribution in [1.29, 1.82) is 0 Å². The summed E-state index contributed by atoms with van der Waals surface area (Å²) in [6.45, 7) is 9.34. The van der Waals surface area contributed by atoms with Gasteiger partial charge < -0.3 is 29.7 Å². The van der Waals surface area contributed by atoms with Crippen molar-refractivity contribution in [3.63, 3.8) is 0 Å². The Hall–Kier alpha value is -1.42. The Kier molecular flexibility index (Phi) is 12.9. The van der Waals surface area contributed by atoms with Gasteiger partial charge in [0.1, 0.15) is 17.2 Å². The van der Waals surface area contributed by atoms with Crippen molar-refractivity contribution in [3.05, 3.63) is 17.7 Å². The number of rotatable bonds is 10. The van der Waals surface area contributed by atoms with E-state index in [1.807, 2.05) is 12.1 Å². The van der Waals surface area contributed by atoms with Crippen LogP contribution in [0.4, 0.5) is 0 Å². The van der Waals surface area contributed by atoms with Crippen LogP contribution in [0.2, 0.25) is 0 Å². The summed E-state index contributed by atoms with van der Waals surface area (Å²) in [7, 11) is 4.97. The number of nitrogens with one attached hydrogen (secondary N) is 2. The summed E-state index contributed by atoms with van der Waals surface area (Å²) in [5, 5.41) is 6.98. The van der Waals surface area contributed by atoms with E-state index >= 15 is 0 Å². The van der Waals surface area contributed by atoms with Crippen LogP contribution in [-0.2, 0) is 6.42 Å². The van der Waals surface area contributed by atoms with Gasteiger partial charge in [-0.2, -0.15) is 0 Å². The van der Waals surface area contributed by atoms with Crippen LogP contribution >= 0.6 is 24.0 Å². The zero-order chi connectivity index (χ0) is 21.1. The molecule has 1 fully saturated rings. The molecule has 0 radical (unpaired) electrons. The molecule has 0 atom stereocenters. The van der Waals surface area contributed by atoms with Crippen molar-refractivity contribution in [1.82, 2.24) is 15.5 Å². The van der Waals surface area contributed by atoms with Crippen molar-refractivity contribution in [3.8, 4) is 17.2 Å². The molecular formula is C22H39IN4O3. The summed E-state index contributed by atoms with van der Waals surface area (Å²) < 4.78 is 16.4. The molecule has 1 aromatic carbocycles. The first-order chi connectivity index (χ1) is 14.1. The number of nitrogens with zero attached hydrogens (tertiary/aromatic N) is 2. The van der Waals surface area contributed by atoms with Crippen molar-refractivity contribution in [2.24, 2.45) is 4.99 Å². The van der Waals surface area contributed by atoms with E-state index in [1.165, 1.54) is 13.0 Å². The van der Waals surface area contributed by atoms with E-state index in [1.54, 1.807) is 21.3 Å². The van der Waals surface area contributed by atoms with Crippen LogP contribution in [0.5, 0.6) is 17.2 Å². The molecule has 1 aliphatic rings. The SMILES string of the molecule is CCCN1CCC(NC(=NCCc2c(OC)cc(OC)cc2OC)NCC)CC1.I. The van der Waals surface area contributed by atoms with E-state index in [0.29, 0.717) is 12.6 Å². The van der Waals surface area contributed by atoms with Crippen molar-refractivity contribution in [2.75, 3.05) is 54.1 Å². The first-order valence-electron chi connectivity index (χ1n) is 10.7. The number of methoxy groups -OCH3 is 3. The highest BCUT2D eigenvalue weighted by Gasteiger charge is 2.19. The smallest absolute Gasteiger partial charge is 0.191 e. The number of piperidine rings is 1. The lowest BCUT2D eigenvalue weighted by Gasteiger charge is -2.32. The molecular weight excluding hydrogens is 495 g/mol. The van der Waals surface area contributed by atoms with Gasteiger partial charge in [-0.1, -0.05) is 6.92 Å². The molecule has 0 aliphatic carbocycles. The Bertz CT molecular complexity index is 624. The largest absolute Gasteiger partial charge is 0.496 e. The molecule has 1 saturated heterocycles. The van der Waals surface area contributed by atoms with E-state index in [2.05, 4.69) is 29.4 Å². The molecule has 1 heterocycles. The molecule has 7 nitrogen and oxygen atoms in total. The van der Waals surface area contributed by atoms with E-state index in [-0.39, 0.29) is 24.0 Å². The van der Waals surface area contributed by atoms with Gasteiger partial charge in [-0.15, -0.1) is 24.0 Å². The lowest BCUT2D eigenvalue weighted by atomic mass is 10.1. The molecule has 0 bridgehead atoms. The maximum absolute atomic E-state index is 5.54. The average Bonchev–Trinajstić information content (AvgIpc) is 2.75. The number of halogens is 1. The number of ether oxygens (including phenoxy) is 3. The number of guanidine groups is 1. The zero-order valence-electron chi connectivity index (χ0n) is 19.1. The van der Waals surface area contributed by atoms with Crippen molar-refractivity contribution < 1.29 is 14.2 Å². The minimum atomic E-state index is 0. The number of likely N-dealkylation sites (tertiary alicyclic amines) is 1. The van der Waals surface area contributed by atoms with Crippen LogP contribution in [0, 0.1) is 0 Å². The second-order valence-corrected chi connectivity index (χ2v) is 7.28. The van der Waals surface area contributed by atoms with Gasteiger partial charge >= 0.3 is 0 Å². The first kappa shape index (κ1) is 26.6. The average molecular weight is 534 g/mol. The second kappa shape index (κ2) is 14.6. The number of aliphatic imine (C=N–C) groups is 1. The summed E-state index contributed by atoms with van der Waals surface area (Å²) in [6.07, 6.45) is 4.26. The van der Waals surface area contributed by atoms with E-state index in [9.17, 15) is 0 Å². The van der Waals surface area contributed by atoms with E-state index in [0.717, 1.165) is 67.7 Å². The highest BCUT2D eigenvalue weighted by atomic mass is 127. The second-order valence-electron chi connectivity index (χ2n) is 7.28. The highest BCUT2D eigenvalue weighted by molar-refractivity contribution is 14.0. The summed E-state index contributed by atoms with van der Waals surface area (Å²) in [5.41, 5.74) is 1.00. The van der Waals surface area contributed by atoms with Gasteiger partial charge in [-0.05, 0) is 39.2 Å². The predicted octanol–water partition coefficient (Wildman–Crippen LogP) is 3.30. The van der Waals surface area contributed by atoms with Gasteiger partial charge in [0.05, 0.1) is 21.3 Å². The van der Waals surface area contributed by atoms with Crippen molar-refractivity contribution >= 4 is 29.9 Å². The maximum Gasteiger partial charge on any atom is 0.191 e. The normalized spacial score (nSPS) is 15.3. The Morgan fingerprint density at radius 2 is 1.70 bits per heavy atom. The van der Waals surface area contributed by atoms with Gasteiger partial charge in [-0.25, -0.2) is 0 Å². The Morgan fingerprint density at radius 3 is 2.20 bits per heavy atom. The minimum absolute atomic E-state index is 0. The minimum Gasteiger partial charge on any atom is -0.496 e. The summed E-state index contributed by atoms with van der Waals surface area (Å²) in [4.78, 5) is 7.34. The molecule has 0 amide bonds. The van der Waals surface area contributed by atoms with Crippen LogP contribution in [0.25, 0.3) is 0 Å². The molecule has 0 saturated carbocycles. The van der Waals surface area contributed by atoms with Gasteiger partial charge in [0, 0.05) is 49.9 Å². The predicted molar refractivity (Wildman–Crippen MR) is 134 cm³/mol. The first-order valence-corrected chi connectivity index (χ1v) is 10.7. The molecule has 2 rings (SSSR count). The van der Waals surface area contributed by atoms with Gasteiger partial charge in [0.25, 0.3) is 0 Å². The fourth-order valence-corrected chi connectivity index (χ4v) is 3.73. The molecule has 2 N–H and O–H groups in total. The molecule has 1 aromatic rings. The molecule has 172 valence electrons. The molecule has 0 spiro atoms. The number of hydrogen-bond acceptors (Lipinski definition) is 5. The van der Waals surface area contributed by atoms with Gasteiger partial charge in [0.15, 0.2) is 5.96 Å². The lowest BCUT2D eigenvalue weighted by Crippen LogP contribution is -2.48. The Labute approximate surface area is 199 Å². The molecule has 1 aliphatic heterocycles. The standard InChI is InChI=1S/C22H38N4O3.HI/c1-6-12-26-13-9-17(10-14-26)25-22(23-7-2)24-11-8-19-20(28-4)15-18(27-3)16-21(19)29-5;/h15-17H,6-14H2,1-5H3,(H2,23,24,25);1H. The van der Waals surface area contributed by atoms with E-state index < -0.39 is 0 Å². The van der Waals surface area contributed by atoms with Crippen LogP contribution in [0.15, 0.2) is 17.1 Å². The zero-order valence-corrected chi connectivity index (χ0v) is 21.5. The number of hydrogen-bond donors (Lipinski definition) is 2. The van der Waals surface area contributed by atoms with E-state index in [4.69, 9.17) is 19.2 Å². The third kappa shape index (κ3) is 8.02. The van der Waals surface area contributed by atoms with Gasteiger partial charge in [-0.3, -0.25) is 4.99 Å². The fourth-order valence-electron chi connectivity index (χ4n) is 3.73. The fraction of sp³-hybridized carbons (Fsp3) is 0.682. The third-order valence-corrected chi connectivity index (χ3v) is 5.26. The molecule has 0 aromatic heterocycles. The van der Waals surface area contributed by atoms with Crippen molar-refractivity contribution in [2.45, 2.75) is 45.6 Å². The third-order valence-electron chi connectivity index (χ3n) is 5.26. The van der Waals surface area contributed by atoms with Crippen LogP contribution in [0.3, 0.4) is 0 Å². The quantitative estimate of drug-likeness (QED) is 0.273. The summed E-state index contributed by atoms with van der Waals surface area (Å²) >= 11 is 0. The topological polar surface area (TPSA) is 67.4 Å². The molecule has 8 heteroatoms. The number of benzene rings is 1. The Morgan fingerprint density at radius 1 is 1.07 bits per heavy atom. The lowest BCUT2D eigenvalue weighted by molar-refractivity contribution is 0.206. The highest BCUT2D eigenvalue weighted by Crippen LogP contribution is 2.34. The maximum atomic E-state index is 5.54. The summed E-state index contributed by atoms with van der Waals surface area (Å²) in [5.74, 6) is 3.12. The van der Waals surface area contributed by atoms with Crippen LogP contribution in [0.1, 0.15) is 38.7 Å².